The fraction of sp³-hybridized carbons (Fsp3) is 0.400. The van der Waals surface area contributed by atoms with Crippen LogP contribution in [-0.4, -0.2) is 60.4 Å². The van der Waals surface area contributed by atoms with E-state index in [-0.39, 0.29) is 24.1 Å². The highest BCUT2D eigenvalue weighted by Gasteiger charge is 2.28. The number of benzene rings is 2. The van der Waals surface area contributed by atoms with E-state index in [0.717, 1.165) is 17.7 Å². The summed E-state index contributed by atoms with van der Waals surface area (Å²) >= 11 is 6.38. The van der Waals surface area contributed by atoms with Gasteiger partial charge in [0, 0.05) is 42.8 Å². The van der Waals surface area contributed by atoms with Crippen molar-refractivity contribution in [1.82, 2.24) is 9.62 Å². The molecule has 2 aromatic carbocycles. The lowest BCUT2D eigenvalue weighted by Crippen LogP contribution is -2.44. The maximum absolute atomic E-state index is 14.5. The Labute approximate surface area is 180 Å². The topological polar surface area (TPSA) is 77.1 Å². The number of nitrogens with zero attached hydrogens (tertiary/aromatic N) is 1. The summed E-state index contributed by atoms with van der Waals surface area (Å²) in [5.74, 6) is -0.702. The predicted molar refractivity (Wildman–Crippen MR) is 111 cm³/mol. The van der Waals surface area contributed by atoms with E-state index in [1.807, 2.05) is 18.2 Å². The quantitative estimate of drug-likeness (QED) is 0.655. The summed E-state index contributed by atoms with van der Waals surface area (Å²) < 4.78 is 58.4. The first-order chi connectivity index (χ1) is 14.4. The highest BCUT2D eigenvalue weighted by molar-refractivity contribution is 7.89. The average Bonchev–Trinajstić information content (AvgIpc) is 2.75. The van der Waals surface area contributed by atoms with Gasteiger partial charge in [-0.1, -0.05) is 29.8 Å². The fourth-order valence-electron chi connectivity index (χ4n) is 3.38. The molecule has 164 valence electrons. The number of rotatable bonds is 8. The van der Waals surface area contributed by atoms with Crippen LogP contribution in [0.15, 0.2) is 41.3 Å². The predicted octanol–water partition coefficient (Wildman–Crippen LogP) is 2.85. The molecule has 7 nitrogen and oxygen atoms in total. The summed E-state index contributed by atoms with van der Waals surface area (Å²) in [7, 11) is -1.46. The second-order valence-electron chi connectivity index (χ2n) is 6.68. The molecule has 1 aliphatic rings. The Morgan fingerprint density at radius 1 is 1.17 bits per heavy atom. The van der Waals surface area contributed by atoms with Gasteiger partial charge in [-0.05, 0) is 11.6 Å². The van der Waals surface area contributed by atoms with E-state index >= 15 is 0 Å². The molecule has 3 rings (SSSR count). The Balaban J connectivity index is 1.88. The monoisotopic (exact) mass is 458 g/mol. The number of halogens is 2. The standard InChI is InChI=1S/C20H24ClFN2O5S/c1-27-18-11-16(22)20(12-19(18)28-2)30(25,26)23-13-17(24-7-9-29-10-8-24)14-5-3-4-6-15(14)21/h3-6,11-12,17,23H,7-10,13H2,1-2H3. The van der Waals surface area contributed by atoms with Gasteiger partial charge in [0.2, 0.25) is 10.0 Å². The Morgan fingerprint density at radius 2 is 1.80 bits per heavy atom. The molecular formula is C20H24ClFN2O5S. The highest BCUT2D eigenvalue weighted by Crippen LogP contribution is 2.32. The van der Waals surface area contributed by atoms with Crippen LogP contribution >= 0.6 is 11.6 Å². The van der Waals surface area contributed by atoms with Crippen molar-refractivity contribution in [3.05, 3.63) is 52.8 Å². The minimum atomic E-state index is -4.16. The molecule has 1 fully saturated rings. The Hall–Kier alpha value is -1.91. The molecule has 1 atom stereocenters. The van der Waals surface area contributed by atoms with E-state index in [9.17, 15) is 12.8 Å². The lowest BCUT2D eigenvalue weighted by Gasteiger charge is -2.35. The molecule has 0 amide bonds. The average molecular weight is 459 g/mol. The third-order valence-electron chi connectivity index (χ3n) is 4.94. The molecule has 1 N–H and O–H groups in total. The molecule has 0 bridgehead atoms. The van der Waals surface area contributed by atoms with E-state index in [2.05, 4.69) is 9.62 Å². The highest BCUT2D eigenvalue weighted by atomic mass is 35.5. The summed E-state index contributed by atoms with van der Waals surface area (Å²) in [6.45, 7) is 2.35. The minimum Gasteiger partial charge on any atom is -0.493 e. The van der Waals surface area contributed by atoms with Gasteiger partial charge in [0.1, 0.15) is 10.7 Å². The molecule has 0 aliphatic carbocycles. The molecule has 1 saturated heterocycles. The van der Waals surface area contributed by atoms with Crippen LogP contribution in [0.4, 0.5) is 4.39 Å². The van der Waals surface area contributed by atoms with Gasteiger partial charge in [-0.15, -0.1) is 0 Å². The van der Waals surface area contributed by atoms with Crippen LogP contribution in [0.1, 0.15) is 11.6 Å². The first kappa shape index (κ1) is 22.8. The largest absolute Gasteiger partial charge is 0.493 e. The number of morpholine rings is 1. The molecule has 10 heteroatoms. The number of hydrogen-bond donors (Lipinski definition) is 1. The van der Waals surface area contributed by atoms with Crippen LogP contribution in [0.25, 0.3) is 0 Å². The number of nitrogens with one attached hydrogen (secondary N) is 1. The van der Waals surface area contributed by atoms with Crippen molar-refractivity contribution in [3.63, 3.8) is 0 Å². The third-order valence-corrected chi connectivity index (χ3v) is 6.73. The van der Waals surface area contributed by atoms with Gasteiger partial charge in [-0.25, -0.2) is 17.5 Å². The summed E-state index contributed by atoms with van der Waals surface area (Å²) in [5, 5.41) is 0.533. The van der Waals surface area contributed by atoms with E-state index in [1.165, 1.54) is 14.2 Å². The van der Waals surface area contributed by atoms with Gasteiger partial charge in [-0.2, -0.15) is 0 Å². The second-order valence-corrected chi connectivity index (χ2v) is 8.82. The molecule has 1 aliphatic heterocycles. The zero-order chi connectivity index (χ0) is 21.7. The maximum Gasteiger partial charge on any atom is 0.243 e. The minimum absolute atomic E-state index is 0.0137. The normalized spacial score (nSPS) is 16.3. The van der Waals surface area contributed by atoms with Crippen molar-refractivity contribution in [1.29, 1.82) is 0 Å². The number of methoxy groups -OCH3 is 2. The van der Waals surface area contributed by atoms with E-state index in [4.69, 9.17) is 25.8 Å². The summed E-state index contributed by atoms with van der Waals surface area (Å²) in [6.07, 6.45) is 0. The molecule has 0 aromatic heterocycles. The molecule has 2 aromatic rings. The van der Waals surface area contributed by atoms with Gasteiger partial charge < -0.3 is 14.2 Å². The second kappa shape index (κ2) is 9.93. The van der Waals surface area contributed by atoms with Gasteiger partial charge >= 0.3 is 0 Å². The van der Waals surface area contributed by atoms with Crippen LogP contribution in [0, 0.1) is 5.82 Å². The lowest BCUT2D eigenvalue weighted by molar-refractivity contribution is 0.0172. The number of sulfonamides is 1. The van der Waals surface area contributed by atoms with Crippen LogP contribution in [0.5, 0.6) is 11.5 Å². The summed E-state index contributed by atoms with van der Waals surface area (Å²) in [4.78, 5) is 1.58. The van der Waals surface area contributed by atoms with Crippen LogP contribution < -0.4 is 14.2 Å². The Kier molecular flexibility index (Phi) is 7.54. The smallest absolute Gasteiger partial charge is 0.243 e. The van der Waals surface area contributed by atoms with Crippen LogP contribution in [0.3, 0.4) is 0 Å². The zero-order valence-electron chi connectivity index (χ0n) is 16.7. The molecule has 0 spiro atoms. The van der Waals surface area contributed by atoms with E-state index in [1.54, 1.807) is 6.07 Å². The molecule has 0 radical (unpaired) electrons. The molecule has 1 unspecified atom stereocenters. The van der Waals surface area contributed by atoms with Gasteiger partial charge in [-0.3, -0.25) is 4.90 Å². The zero-order valence-corrected chi connectivity index (χ0v) is 18.3. The van der Waals surface area contributed by atoms with E-state index < -0.39 is 20.7 Å². The van der Waals surface area contributed by atoms with Gasteiger partial charge in [0.05, 0.1) is 27.4 Å². The maximum atomic E-state index is 14.5. The molecule has 1 heterocycles. The lowest BCUT2D eigenvalue weighted by atomic mass is 10.0. The van der Waals surface area contributed by atoms with Crippen molar-refractivity contribution in [3.8, 4) is 11.5 Å². The Bertz CT molecular complexity index is 983. The SMILES string of the molecule is COc1cc(F)c(S(=O)(=O)NCC(c2ccccc2Cl)N2CCOCC2)cc1OC. The molecular weight excluding hydrogens is 435 g/mol. The van der Waals surface area contributed by atoms with Crippen molar-refractivity contribution in [2.75, 3.05) is 47.1 Å². The summed E-state index contributed by atoms with van der Waals surface area (Å²) in [5.41, 5.74) is 0.788. The van der Waals surface area contributed by atoms with Crippen molar-refractivity contribution in [2.24, 2.45) is 0 Å². The van der Waals surface area contributed by atoms with Gasteiger partial charge in [0.15, 0.2) is 11.5 Å². The molecule has 30 heavy (non-hydrogen) atoms. The molecule has 0 saturated carbocycles. The van der Waals surface area contributed by atoms with Crippen molar-refractivity contribution < 1.29 is 27.0 Å². The van der Waals surface area contributed by atoms with Gasteiger partial charge in [0.25, 0.3) is 0 Å². The van der Waals surface area contributed by atoms with Crippen molar-refractivity contribution in [2.45, 2.75) is 10.9 Å². The first-order valence-corrected chi connectivity index (χ1v) is 11.2. The summed E-state index contributed by atoms with van der Waals surface area (Å²) in [6, 6.07) is 9.03. The number of ether oxygens (including phenoxy) is 3. The van der Waals surface area contributed by atoms with E-state index in [0.29, 0.717) is 31.3 Å². The third kappa shape index (κ3) is 5.04. The first-order valence-electron chi connectivity index (χ1n) is 9.34. The van der Waals surface area contributed by atoms with Crippen molar-refractivity contribution >= 4 is 21.6 Å². The fourth-order valence-corrected chi connectivity index (χ4v) is 4.75. The Morgan fingerprint density at radius 3 is 2.43 bits per heavy atom. The number of hydrogen-bond acceptors (Lipinski definition) is 6. The van der Waals surface area contributed by atoms with Crippen LogP contribution in [0.2, 0.25) is 5.02 Å². The van der Waals surface area contributed by atoms with Crippen LogP contribution in [-0.2, 0) is 14.8 Å².